The minimum Gasteiger partial charge on any atom is -0.508 e. The Kier molecular flexibility index (Phi) is 4.50. The summed E-state index contributed by atoms with van der Waals surface area (Å²) in [6.45, 7) is 0.118. The predicted octanol–water partition coefficient (Wildman–Crippen LogP) is 1.79. The fourth-order valence-electron chi connectivity index (χ4n) is 1.64. The van der Waals surface area contributed by atoms with E-state index < -0.39 is 11.8 Å². The summed E-state index contributed by atoms with van der Waals surface area (Å²) in [6, 6.07) is 11.4. The molecule has 0 aromatic heterocycles. The summed E-state index contributed by atoms with van der Waals surface area (Å²) >= 11 is 0. The van der Waals surface area contributed by atoms with E-state index in [0.29, 0.717) is 11.3 Å². The highest BCUT2D eigenvalue weighted by molar-refractivity contribution is 6.39. The number of hydrogen-bond donors (Lipinski definition) is 3. The predicted molar refractivity (Wildman–Crippen MR) is 75.0 cm³/mol. The van der Waals surface area contributed by atoms with Crippen LogP contribution in [0.5, 0.6) is 5.75 Å². The summed E-state index contributed by atoms with van der Waals surface area (Å²) in [5.74, 6) is -2.04. The molecule has 0 aliphatic carbocycles. The van der Waals surface area contributed by atoms with Crippen LogP contribution in [0.1, 0.15) is 5.56 Å². The van der Waals surface area contributed by atoms with Crippen LogP contribution < -0.4 is 10.6 Å². The van der Waals surface area contributed by atoms with E-state index in [-0.39, 0.29) is 18.1 Å². The second-order valence-corrected chi connectivity index (χ2v) is 4.31. The van der Waals surface area contributed by atoms with Crippen LogP contribution in [0.4, 0.5) is 10.1 Å². The lowest BCUT2D eigenvalue weighted by Crippen LogP contribution is -2.34. The van der Waals surface area contributed by atoms with E-state index >= 15 is 0 Å². The number of carbonyl (C=O) groups is 2. The van der Waals surface area contributed by atoms with E-state index in [4.69, 9.17) is 0 Å². The normalized spacial score (nSPS) is 9.95. The molecule has 0 radical (unpaired) electrons. The van der Waals surface area contributed by atoms with Gasteiger partial charge in [-0.3, -0.25) is 9.59 Å². The standard InChI is InChI=1S/C15H13FN2O3/c16-11-6-4-10(5-7-11)9-17-14(20)15(21)18-12-2-1-3-13(19)8-12/h1-8,19H,9H2,(H,17,20)(H,18,21). The molecule has 0 unspecified atom stereocenters. The number of rotatable bonds is 3. The number of anilines is 1. The molecule has 2 aromatic carbocycles. The van der Waals surface area contributed by atoms with Gasteiger partial charge in [0.05, 0.1) is 0 Å². The number of phenolic OH excluding ortho intramolecular Hbond substituents is 1. The Balaban J connectivity index is 1.88. The first-order chi connectivity index (χ1) is 10.0. The van der Waals surface area contributed by atoms with Gasteiger partial charge in [-0.1, -0.05) is 18.2 Å². The molecule has 0 spiro atoms. The van der Waals surface area contributed by atoms with Gasteiger partial charge in [-0.25, -0.2) is 4.39 Å². The van der Waals surface area contributed by atoms with Crippen molar-refractivity contribution in [3.63, 3.8) is 0 Å². The van der Waals surface area contributed by atoms with Crippen LogP contribution in [0.2, 0.25) is 0 Å². The van der Waals surface area contributed by atoms with Crippen molar-refractivity contribution < 1.29 is 19.1 Å². The minimum absolute atomic E-state index is 0.0143. The van der Waals surface area contributed by atoms with Crippen molar-refractivity contribution in [1.82, 2.24) is 5.32 Å². The number of phenols is 1. The summed E-state index contributed by atoms with van der Waals surface area (Å²) in [5.41, 5.74) is 0.992. The zero-order chi connectivity index (χ0) is 15.2. The Labute approximate surface area is 120 Å². The Hall–Kier alpha value is -2.89. The van der Waals surface area contributed by atoms with Gasteiger partial charge in [0, 0.05) is 18.3 Å². The maximum absolute atomic E-state index is 12.7. The van der Waals surface area contributed by atoms with Gasteiger partial charge < -0.3 is 15.7 Å². The van der Waals surface area contributed by atoms with Gasteiger partial charge >= 0.3 is 11.8 Å². The van der Waals surface area contributed by atoms with Gasteiger partial charge in [-0.05, 0) is 29.8 Å². The topological polar surface area (TPSA) is 78.4 Å². The molecule has 2 rings (SSSR count). The van der Waals surface area contributed by atoms with E-state index in [1.54, 1.807) is 12.1 Å². The Morgan fingerprint density at radius 1 is 1.05 bits per heavy atom. The molecule has 0 saturated carbocycles. The highest BCUT2D eigenvalue weighted by Crippen LogP contribution is 2.15. The maximum atomic E-state index is 12.7. The first-order valence-electron chi connectivity index (χ1n) is 6.17. The maximum Gasteiger partial charge on any atom is 0.313 e. The van der Waals surface area contributed by atoms with Crippen molar-refractivity contribution in [2.45, 2.75) is 6.54 Å². The molecular formula is C15H13FN2O3. The molecule has 3 N–H and O–H groups in total. The smallest absolute Gasteiger partial charge is 0.313 e. The second-order valence-electron chi connectivity index (χ2n) is 4.31. The van der Waals surface area contributed by atoms with Crippen LogP contribution in [-0.2, 0) is 16.1 Å². The van der Waals surface area contributed by atoms with Crippen LogP contribution in [0, 0.1) is 5.82 Å². The summed E-state index contributed by atoms with van der Waals surface area (Å²) < 4.78 is 12.7. The van der Waals surface area contributed by atoms with E-state index in [1.807, 2.05) is 0 Å². The zero-order valence-electron chi connectivity index (χ0n) is 11.0. The van der Waals surface area contributed by atoms with Gasteiger partial charge in [-0.15, -0.1) is 0 Å². The quantitative estimate of drug-likeness (QED) is 0.753. The molecule has 0 aliphatic heterocycles. The lowest BCUT2D eigenvalue weighted by atomic mass is 10.2. The molecule has 0 atom stereocenters. The molecule has 2 amide bonds. The molecule has 2 aromatic rings. The number of hydrogen-bond acceptors (Lipinski definition) is 3. The largest absolute Gasteiger partial charge is 0.508 e. The Morgan fingerprint density at radius 3 is 2.43 bits per heavy atom. The van der Waals surface area contributed by atoms with Crippen LogP contribution in [0.3, 0.4) is 0 Å². The monoisotopic (exact) mass is 288 g/mol. The molecule has 0 heterocycles. The van der Waals surface area contributed by atoms with E-state index in [1.165, 1.54) is 36.4 Å². The number of aromatic hydroxyl groups is 1. The van der Waals surface area contributed by atoms with E-state index in [2.05, 4.69) is 10.6 Å². The SMILES string of the molecule is O=C(NCc1ccc(F)cc1)C(=O)Nc1cccc(O)c1. The Bertz CT molecular complexity index is 656. The van der Waals surface area contributed by atoms with Crippen LogP contribution in [0.15, 0.2) is 48.5 Å². The number of carbonyl (C=O) groups excluding carboxylic acids is 2. The average molecular weight is 288 g/mol. The van der Waals surface area contributed by atoms with Gasteiger partial charge in [0.2, 0.25) is 0 Å². The first kappa shape index (κ1) is 14.5. The molecule has 0 aliphatic rings. The third-order valence-corrected chi connectivity index (χ3v) is 2.68. The van der Waals surface area contributed by atoms with Crippen molar-refractivity contribution in [3.05, 3.63) is 59.9 Å². The van der Waals surface area contributed by atoms with Crippen molar-refractivity contribution in [2.24, 2.45) is 0 Å². The second kappa shape index (κ2) is 6.51. The lowest BCUT2D eigenvalue weighted by molar-refractivity contribution is -0.136. The molecule has 0 saturated heterocycles. The van der Waals surface area contributed by atoms with Gasteiger partial charge in [-0.2, -0.15) is 0 Å². The molecule has 6 heteroatoms. The molecule has 5 nitrogen and oxygen atoms in total. The van der Waals surface area contributed by atoms with Crippen LogP contribution >= 0.6 is 0 Å². The van der Waals surface area contributed by atoms with Gasteiger partial charge in [0.1, 0.15) is 11.6 Å². The van der Waals surface area contributed by atoms with E-state index in [9.17, 15) is 19.1 Å². The number of benzene rings is 2. The highest BCUT2D eigenvalue weighted by atomic mass is 19.1. The minimum atomic E-state index is -0.845. The molecule has 21 heavy (non-hydrogen) atoms. The van der Waals surface area contributed by atoms with Crippen LogP contribution in [-0.4, -0.2) is 16.9 Å². The number of halogens is 1. The Morgan fingerprint density at radius 2 is 1.76 bits per heavy atom. The average Bonchev–Trinajstić information content (AvgIpc) is 2.46. The van der Waals surface area contributed by atoms with Crippen molar-refractivity contribution >= 4 is 17.5 Å². The van der Waals surface area contributed by atoms with Crippen LogP contribution in [0.25, 0.3) is 0 Å². The number of amides is 2. The fraction of sp³-hybridized carbons (Fsp3) is 0.0667. The fourth-order valence-corrected chi connectivity index (χ4v) is 1.64. The first-order valence-corrected chi connectivity index (χ1v) is 6.17. The zero-order valence-corrected chi connectivity index (χ0v) is 11.0. The van der Waals surface area contributed by atoms with Crippen molar-refractivity contribution in [1.29, 1.82) is 0 Å². The highest BCUT2D eigenvalue weighted by Gasteiger charge is 2.13. The summed E-state index contributed by atoms with van der Waals surface area (Å²) in [4.78, 5) is 23.2. The third-order valence-electron chi connectivity index (χ3n) is 2.68. The molecule has 108 valence electrons. The third kappa shape index (κ3) is 4.31. The number of nitrogens with one attached hydrogen (secondary N) is 2. The van der Waals surface area contributed by atoms with Crippen molar-refractivity contribution in [3.8, 4) is 5.75 Å². The lowest BCUT2D eigenvalue weighted by Gasteiger charge is -2.07. The van der Waals surface area contributed by atoms with Crippen molar-refractivity contribution in [2.75, 3.05) is 5.32 Å². The van der Waals surface area contributed by atoms with Gasteiger partial charge in [0.25, 0.3) is 0 Å². The van der Waals surface area contributed by atoms with Gasteiger partial charge in [0.15, 0.2) is 0 Å². The molecule has 0 bridgehead atoms. The van der Waals surface area contributed by atoms with E-state index in [0.717, 1.165) is 0 Å². The summed E-state index contributed by atoms with van der Waals surface area (Å²) in [7, 11) is 0. The molecular weight excluding hydrogens is 275 g/mol. The summed E-state index contributed by atoms with van der Waals surface area (Å²) in [5, 5.41) is 14.0. The molecule has 0 fully saturated rings. The summed E-state index contributed by atoms with van der Waals surface area (Å²) in [6.07, 6.45) is 0.